The van der Waals surface area contributed by atoms with Crippen molar-refractivity contribution in [2.24, 2.45) is 17.3 Å². The Morgan fingerprint density at radius 3 is 2.51 bits per heavy atom. The summed E-state index contributed by atoms with van der Waals surface area (Å²) in [7, 11) is -0.710. The van der Waals surface area contributed by atoms with Gasteiger partial charge in [0.15, 0.2) is 5.78 Å². The topological polar surface area (TPSA) is 158 Å². The molecule has 55 heavy (non-hydrogen) atoms. The lowest BCUT2D eigenvalue weighted by atomic mass is 9.90. The first-order valence-electron chi connectivity index (χ1n) is 20.0. The summed E-state index contributed by atoms with van der Waals surface area (Å²) in [6.45, 7) is 0.105. The monoisotopic (exact) mass is 775 g/mol. The molecule has 2 saturated carbocycles. The molecule has 0 radical (unpaired) electrons. The standard InChI is InChI=1S/C42H53N3O9S/c1-52-37-22-34-33-20-27(37)13-9-5-4-8-12-16-30(46)19-28-14-10-6-3-7-11-15-29-24-42(29,41(49)44-55(50,51)32-17-18-32)25-36(47)35-21-31(26-45(35)40(28)48)54-38(33)23-39(43-34)53-2/h9,11,13,15,20,22-23,28-29,31-32,35H,3-8,10,12,14,16-19,21,24-26H2,1-2H3,(H,44,49)/b13-9+,15-11-/t28-,29-,31-,35+,42-/m1/s1. The molecule has 1 aromatic heterocycles. The summed E-state index contributed by atoms with van der Waals surface area (Å²) in [5.41, 5.74) is 0.212. The van der Waals surface area contributed by atoms with Gasteiger partial charge in [-0.25, -0.2) is 13.4 Å². The predicted molar refractivity (Wildman–Crippen MR) is 207 cm³/mol. The molecule has 3 fully saturated rings. The lowest BCUT2D eigenvalue weighted by Gasteiger charge is -2.29. The van der Waals surface area contributed by atoms with Gasteiger partial charge in [-0.1, -0.05) is 43.6 Å². The van der Waals surface area contributed by atoms with E-state index >= 15 is 0 Å². The lowest BCUT2D eigenvalue weighted by molar-refractivity contribution is -0.143. The fourth-order valence-corrected chi connectivity index (χ4v) is 9.96. The van der Waals surface area contributed by atoms with E-state index in [1.165, 1.54) is 7.11 Å². The van der Waals surface area contributed by atoms with Gasteiger partial charge in [-0.3, -0.25) is 23.9 Å². The van der Waals surface area contributed by atoms with E-state index in [0.29, 0.717) is 60.4 Å². The van der Waals surface area contributed by atoms with Gasteiger partial charge in [0, 0.05) is 54.7 Å². The van der Waals surface area contributed by atoms with Crippen LogP contribution in [-0.2, 0) is 29.2 Å². The molecule has 1 N–H and O–H groups in total. The van der Waals surface area contributed by atoms with Crippen LogP contribution in [0.15, 0.2) is 36.4 Å². The number of rotatable bonds is 5. The molecule has 5 aliphatic rings. The van der Waals surface area contributed by atoms with E-state index in [1.807, 2.05) is 30.4 Å². The van der Waals surface area contributed by atoms with Crippen molar-refractivity contribution in [3.63, 3.8) is 0 Å². The summed E-state index contributed by atoms with van der Waals surface area (Å²) in [4.78, 5) is 62.7. The molecule has 3 aliphatic heterocycles. The highest BCUT2D eigenvalue weighted by molar-refractivity contribution is 7.90. The molecule has 13 heteroatoms. The molecule has 296 valence electrons. The maximum atomic E-state index is 14.7. The van der Waals surface area contributed by atoms with Gasteiger partial charge < -0.3 is 19.1 Å². The molecular weight excluding hydrogens is 723 g/mol. The van der Waals surface area contributed by atoms with Gasteiger partial charge in [0.05, 0.1) is 43.0 Å². The quantitative estimate of drug-likeness (QED) is 0.345. The first-order valence-corrected chi connectivity index (χ1v) is 21.5. The molecule has 2 aliphatic carbocycles. The third-order valence-electron chi connectivity index (χ3n) is 12.0. The number of ketones is 2. The molecule has 0 spiro atoms. The minimum absolute atomic E-state index is 0.0443. The van der Waals surface area contributed by atoms with Crippen LogP contribution >= 0.6 is 0 Å². The van der Waals surface area contributed by atoms with E-state index in [1.54, 1.807) is 18.1 Å². The number of carbonyl (C=O) groups excluding carboxylic acids is 4. The second-order valence-electron chi connectivity index (χ2n) is 16.0. The number of allylic oxidation sites excluding steroid dienone is 3. The Bertz CT molecular complexity index is 1990. The zero-order valence-corrected chi connectivity index (χ0v) is 32.7. The number of hydrogen-bond donors (Lipinski definition) is 1. The SMILES string of the molecule is COc1cc2c3cc(c(OC)cc3n1)/C=C/CCCCCC(=O)C[C@H]1CCCCC/C=C\[C@@H]3C[C@@]3(C(=O)NS(=O)(=O)C3CC3)CC(=O)[C@@H]3C[C@H](CN3C1=O)O2. The van der Waals surface area contributed by atoms with Crippen LogP contribution in [0.25, 0.3) is 17.0 Å². The summed E-state index contributed by atoms with van der Waals surface area (Å²) in [6, 6.07) is 4.57. The van der Waals surface area contributed by atoms with Crippen molar-refractivity contribution in [1.82, 2.24) is 14.6 Å². The third kappa shape index (κ3) is 8.76. The van der Waals surface area contributed by atoms with Crippen LogP contribution in [0.4, 0.5) is 0 Å². The highest BCUT2D eigenvalue weighted by atomic mass is 32.2. The molecule has 1 saturated heterocycles. The molecule has 5 atom stereocenters. The number of methoxy groups -OCH3 is 2. The van der Waals surface area contributed by atoms with E-state index in [2.05, 4.69) is 15.8 Å². The Labute approximate surface area is 323 Å². The number of amides is 2. The number of sulfonamides is 1. The summed E-state index contributed by atoms with van der Waals surface area (Å²) >= 11 is 0. The maximum absolute atomic E-state index is 14.7. The van der Waals surface area contributed by atoms with Crippen LogP contribution in [0.3, 0.4) is 0 Å². The highest BCUT2D eigenvalue weighted by Crippen LogP contribution is 2.57. The Balaban J connectivity index is 1.26. The molecule has 2 amide bonds. The van der Waals surface area contributed by atoms with Crippen LogP contribution in [0.2, 0.25) is 0 Å². The van der Waals surface area contributed by atoms with Crippen molar-refractivity contribution >= 4 is 50.4 Å². The van der Waals surface area contributed by atoms with E-state index in [0.717, 1.165) is 56.9 Å². The van der Waals surface area contributed by atoms with Crippen molar-refractivity contribution in [2.45, 2.75) is 120 Å². The van der Waals surface area contributed by atoms with Gasteiger partial charge in [-0.05, 0) is 69.8 Å². The normalized spacial score (nSPS) is 29.5. The second-order valence-corrected chi connectivity index (χ2v) is 18.0. The number of aromatic nitrogens is 1. The lowest BCUT2D eigenvalue weighted by Crippen LogP contribution is -2.46. The molecule has 7 rings (SSSR count). The van der Waals surface area contributed by atoms with Gasteiger partial charge >= 0.3 is 0 Å². The molecule has 0 unspecified atom stereocenters. The number of ether oxygens (including phenoxy) is 3. The number of hydrogen-bond acceptors (Lipinski definition) is 10. The zero-order chi connectivity index (χ0) is 38.7. The number of pyridine rings is 1. The third-order valence-corrected chi connectivity index (χ3v) is 13.9. The molecule has 1 aromatic carbocycles. The van der Waals surface area contributed by atoms with Crippen molar-refractivity contribution < 1.29 is 41.8 Å². The first kappa shape index (κ1) is 39.0. The minimum Gasteiger partial charge on any atom is -0.496 e. The second kappa shape index (κ2) is 16.5. The van der Waals surface area contributed by atoms with Crippen LogP contribution < -0.4 is 18.9 Å². The van der Waals surface area contributed by atoms with Gasteiger partial charge in [0.1, 0.15) is 23.4 Å². The summed E-state index contributed by atoms with van der Waals surface area (Å²) < 4.78 is 46.1. The molecular formula is C42H53N3O9S. The average molecular weight is 776 g/mol. The van der Waals surface area contributed by atoms with Crippen molar-refractivity contribution in [3.05, 3.63) is 42.0 Å². The molecule has 12 nitrogen and oxygen atoms in total. The van der Waals surface area contributed by atoms with E-state index in [-0.39, 0.29) is 49.2 Å². The summed E-state index contributed by atoms with van der Waals surface area (Å²) in [5, 5.41) is 0.128. The number of benzene rings is 1. The Morgan fingerprint density at radius 1 is 0.964 bits per heavy atom. The number of nitrogens with one attached hydrogen (secondary N) is 1. The van der Waals surface area contributed by atoms with Crippen LogP contribution in [0, 0.1) is 17.3 Å². The average Bonchev–Trinajstić information content (AvgIpc) is 4.09. The van der Waals surface area contributed by atoms with Crippen LogP contribution in [0.5, 0.6) is 17.4 Å². The fraction of sp³-hybridized carbons (Fsp3) is 0.595. The van der Waals surface area contributed by atoms with E-state index < -0.39 is 44.7 Å². The summed E-state index contributed by atoms with van der Waals surface area (Å²) in [5.74, 6) is -0.607. The maximum Gasteiger partial charge on any atom is 0.240 e. The largest absolute Gasteiger partial charge is 0.496 e. The van der Waals surface area contributed by atoms with Crippen LogP contribution in [0.1, 0.15) is 108 Å². The highest BCUT2D eigenvalue weighted by Gasteiger charge is 2.61. The molecule has 2 aromatic rings. The summed E-state index contributed by atoms with van der Waals surface area (Å²) in [6.07, 6.45) is 16.5. The minimum atomic E-state index is -3.84. The van der Waals surface area contributed by atoms with Crippen molar-refractivity contribution in [2.75, 3.05) is 20.8 Å². The van der Waals surface area contributed by atoms with Gasteiger partial charge in [0.2, 0.25) is 27.7 Å². The Morgan fingerprint density at radius 2 is 1.75 bits per heavy atom. The van der Waals surface area contributed by atoms with Crippen molar-refractivity contribution in [3.8, 4) is 17.4 Å². The zero-order valence-electron chi connectivity index (χ0n) is 31.9. The van der Waals surface area contributed by atoms with Crippen molar-refractivity contribution in [1.29, 1.82) is 0 Å². The number of Topliss-reactive ketones (excluding diaryl/α,β-unsaturated/α-hetero) is 2. The fourth-order valence-electron chi connectivity index (χ4n) is 8.57. The number of nitrogens with zero attached hydrogens (tertiary/aromatic N) is 2. The number of fused-ring (bicyclic) bond motifs is 4. The predicted octanol–water partition coefficient (Wildman–Crippen LogP) is 6.25. The molecule has 5 bridgehead atoms. The Kier molecular flexibility index (Phi) is 11.7. The van der Waals surface area contributed by atoms with Gasteiger partial charge in [0.25, 0.3) is 0 Å². The first-order chi connectivity index (χ1) is 26.5. The Hall–Kier alpha value is -4.26. The van der Waals surface area contributed by atoms with E-state index in [9.17, 15) is 27.6 Å². The number of carbonyl (C=O) groups is 4. The smallest absolute Gasteiger partial charge is 0.240 e. The van der Waals surface area contributed by atoms with Gasteiger partial charge in [-0.2, -0.15) is 0 Å². The van der Waals surface area contributed by atoms with Crippen LogP contribution in [-0.4, -0.2) is 79.8 Å². The van der Waals surface area contributed by atoms with E-state index in [4.69, 9.17) is 14.2 Å². The van der Waals surface area contributed by atoms with Gasteiger partial charge in [-0.15, -0.1) is 0 Å². The molecule has 4 heterocycles.